The van der Waals surface area contributed by atoms with E-state index in [-0.39, 0.29) is 0 Å². The molecule has 0 aliphatic carbocycles. The molecule has 0 unspecified atom stereocenters. The average Bonchev–Trinajstić information content (AvgIpc) is 3.19. The zero-order valence-electron chi connectivity index (χ0n) is 12.9. The van der Waals surface area contributed by atoms with Crippen molar-refractivity contribution in [2.24, 2.45) is 0 Å². The standard InChI is InChI=1S/C15H25N5O/c1-2-18-8-5-16-15(18)20-11-9-17(10-12-20)13-14(21)19-6-3-4-7-19/h5,8H,2-4,6-7,9-13H2,1H3. The molecule has 21 heavy (non-hydrogen) atoms. The average molecular weight is 291 g/mol. The molecule has 0 spiro atoms. The Hall–Kier alpha value is -1.56. The van der Waals surface area contributed by atoms with Crippen LogP contribution in [0, 0.1) is 0 Å². The molecule has 6 heteroatoms. The quantitative estimate of drug-likeness (QED) is 0.817. The maximum absolute atomic E-state index is 12.2. The highest BCUT2D eigenvalue weighted by molar-refractivity contribution is 5.78. The van der Waals surface area contributed by atoms with Gasteiger partial charge in [0, 0.05) is 58.2 Å². The first-order valence-corrected chi connectivity index (χ1v) is 8.04. The largest absolute Gasteiger partial charge is 0.342 e. The van der Waals surface area contributed by atoms with Gasteiger partial charge in [0.25, 0.3) is 0 Å². The Kier molecular flexibility index (Phi) is 4.43. The molecule has 0 atom stereocenters. The number of rotatable bonds is 4. The van der Waals surface area contributed by atoms with Crippen molar-refractivity contribution >= 4 is 11.9 Å². The number of likely N-dealkylation sites (tertiary alicyclic amines) is 1. The van der Waals surface area contributed by atoms with E-state index in [1.165, 1.54) is 12.8 Å². The van der Waals surface area contributed by atoms with Crippen LogP contribution in [-0.4, -0.2) is 71.1 Å². The van der Waals surface area contributed by atoms with E-state index in [0.717, 1.165) is 51.8 Å². The molecule has 1 amide bonds. The SMILES string of the molecule is CCn1ccnc1N1CCN(CC(=O)N2CCCC2)CC1. The van der Waals surface area contributed by atoms with E-state index in [4.69, 9.17) is 0 Å². The van der Waals surface area contributed by atoms with Crippen LogP contribution in [0.15, 0.2) is 12.4 Å². The number of nitrogens with zero attached hydrogens (tertiary/aromatic N) is 5. The van der Waals surface area contributed by atoms with Crippen molar-refractivity contribution in [1.82, 2.24) is 19.4 Å². The van der Waals surface area contributed by atoms with E-state index in [1.54, 1.807) is 0 Å². The first-order valence-electron chi connectivity index (χ1n) is 8.04. The van der Waals surface area contributed by atoms with Crippen LogP contribution in [0.25, 0.3) is 0 Å². The molecule has 0 aromatic carbocycles. The fraction of sp³-hybridized carbons (Fsp3) is 0.733. The molecule has 2 fully saturated rings. The van der Waals surface area contributed by atoms with Gasteiger partial charge in [0.1, 0.15) is 0 Å². The third kappa shape index (κ3) is 3.20. The zero-order chi connectivity index (χ0) is 14.7. The fourth-order valence-corrected chi connectivity index (χ4v) is 3.20. The van der Waals surface area contributed by atoms with Gasteiger partial charge in [-0.15, -0.1) is 0 Å². The first kappa shape index (κ1) is 14.4. The number of carbonyl (C=O) groups is 1. The molecule has 0 radical (unpaired) electrons. The molecule has 0 N–H and O–H groups in total. The summed E-state index contributed by atoms with van der Waals surface area (Å²) in [6.07, 6.45) is 6.22. The lowest BCUT2D eigenvalue weighted by molar-refractivity contribution is -0.131. The Morgan fingerprint density at radius 1 is 1.14 bits per heavy atom. The molecule has 2 aliphatic rings. The van der Waals surface area contributed by atoms with Crippen LogP contribution in [0.2, 0.25) is 0 Å². The van der Waals surface area contributed by atoms with Crippen LogP contribution >= 0.6 is 0 Å². The van der Waals surface area contributed by atoms with Gasteiger partial charge in [-0.2, -0.15) is 0 Å². The molecule has 6 nitrogen and oxygen atoms in total. The number of piperazine rings is 1. The smallest absolute Gasteiger partial charge is 0.236 e. The third-order valence-electron chi connectivity index (χ3n) is 4.51. The van der Waals surface area contributed by atoms with Crippen molar-refractivity contribution in [2.75, 3.05) is 50.7 Å². The Balaban J connectivity index is 1.50. The molecule has 0 bridgehead atoms. The summed E-state index contributed by atoms with van der Waals surface area (Å²) in [6, 6.07) is 0. The Morgan fingerprint density at radius 2 is 1.86 bits per heavy atom. The van der Waals surface area contributed by atoms with Crippen LogP contribution < -0.4 is 4.90 Å². The van der Waals surface area contributed by atoms with Crippen LogP contribution in [0.4, 0.5) is 5.95 Å². The van der Waals surface area contributed by atoms with E-state index in [0.29, 0.717) is 12.5 Å². The van der Waals surface area contributed by atoms with Crippen molar-refractivity contribution in [3.05, 3.63) is 12.4 Å². The molecule has 2 saturated heterocycles. The van der Waals surface area contributed by atoms with Crippen LogP contribution in [-0.2, 0) is 11.3 Å². The fourth-order valence-electron chi connectivity index (χ4n) is 3.20. The summed E-state index contributed by atoms with van der Waals surface area (Å²) in [5.74, 6) is 1.36. The van der Waals surface area contributed by atoms with Crippen molar-refractivity contribution in [1.29, 1.82) is 0 Å². The normalized spacial score (nSPS) is 20.2. The van der Waals surface area contributed by atoms with Gasteiger partial charge < -0.3 is 14.4 Å². The number of hydrogen-bond donors (Lipinski definition) is 0. The maximum Gasteiger partial charge on any atom is 0.236 e. The molecule has 2 aliphatic heterocycles. The Bertz CT molecular complexity index is 472. The predicted molar refractivity (Wildman–Crippen MR) is 82.4 cm³/mol. The monoisotopic (exact) mass is 291 g/mol. The Labute approximate surface area is 126 Å². The number of amides is 1. The summed E-state index contributed by atoms with van der Waals surface area (Å²) in [7, 11) is 0. The van der Waals surface area contributed by atoms with Gasteiger partial charge in [0.15, 0.2) is 0 Å². The molecule has 1 aromatic heterocycles. The number of hydrogen-bond acceptors (Lipinski definition) is 4. The summed E-state index contributed by atoms with van der Waals surface area (Å²) < 4.78 is 2.17. The van der Waals surface area contributed by atoms with Gasteiger partial charge in [0.05, 0.1) is 6.54 Å². The number of anilines is 1. The number of aryl methyl sites for hydroxylation is 1. The van der Waals surface area contributed by atoms with Crippen molar-refractivity contribution in [2.45, 2.75) is 26.3 Å². The van der Waals surface area contributed by atoms with Crippen molar-refractivity contribution in [3.63, 3.8) is 0 Å². The van der Waals surface area contributed by atoms with Crippen LogP contribution in [0.3, 0.4) is 0 Å². The predicted octanol–water partition coefficient (Wildman–Crippen LogP) is 0.647. The third-order valence-corrected chi connectivity index (χ3v) is 4.51. The number of imidazole rings is 1. The molecular formula is C15H25N5O. The summed E-state index contributed by atoms with van der Waals surface area (Å²) in [5, 5.41) is 0. The van der Waals surface area contributed by atoms with E-state index < -0.39 is 0 Å². The topological polar surface area (TPSA) is 44.6 Å². The van der Waals surface area contributed by atoms with Gasteiger partial charge >= 0.3 is 0 Å². The molecule has 1 aromatic rings. The lowest BCUT2D eigenvalue weighted by atomic mass is 10.3. The van der Waals surface area contributed by atoms with Gasteiger partial charge in [-0.1, -0.05) is 0 Å². The molecule has 3 rings (SSSR count). The second-order valence-electron chi connectivity index (χ2n) is 5.86. The van der Waals surface area contributed by atoms with Crippen molar-refractivity contribution < 1.29 is 4.79 Å². The lowest BCUT2D eigenvalue weighted by Crippen LogP contribution is -2.50. The molecule has 116 valence electrons. The van der Waals surface area contributed by atoms with E-state index in [2.05, 4.69) is 26.3 Å². The molecule has 3 heterocycles. The number of aromatic nitrogens is 2. The van der Waals surface area contributed by atoms with Gasteiger partial charge in [0.2, 0.25) is 11.9 Å². The Morgan fingerprint density at radius 3 is 2.52 bits per heavy atom. The van der Waals surface area contributed by atoms with Crippen molar-refractivity contribution in [3.8, 4) is 0 Å². The van der Waals surface area contributed by atoms with Gasteiger partial charge in [-0.25, -0.2) is 4.98 Å². The number of carbonyl (C=O) groups excluding carboxylic acids is 1. The highest BCUT2D eigenvalue weighted by Crippen LogP contribution is 2.15. The second kappa shape index (κ2) is 6.47. The zero-order valence-corrected chi connectivity index (χ0v) is 12.9. The maximum atomic E-state index is 12.2. The highest BCUT2D eigenvalue weighted by atomic mass is 16.2. The van der Waals surface area contributed by atoms with Crippen LogP contribution in [0.1, 0.15) is 19.8 Å². The van der Waals surface area contributed by atoms with Crippen LogP contribution in [0.5, 0.6) is 0 Å². The first-order chi connectivity index (χ1) is 10.3. The highest BCUT2D eigenvalue weighted by Gasteiger charge is 2.24. The van der Waals surface area contributed by atoms with E-state index >= 15 is 0 Å². The summed E-state index contributed by atoms with van der Waals surface area (Å²) in [6.45, 7) is 9.34. The molecule has 0 saturated carbocycles. The minimum Gasteiger partial charge on any atom is -0.342 e. The lowest BCUT2D eigenvalue weighted by Gasteiger charge is -2.35. The van der Waals surface area contributed by atoms with E-state index in [1.807, 2.05) is 17.3 Å². The summed E-state index contributed by atoms with van der Waals surface area (Å²) in [4.78, 5) is 23.2. The summed E-state index contributed by atoms with van der Waals surface area (Å²) in [5.41, 5.74) is 0. The second-order valence-corrected chi connectivity index (χ2v) is 5.86. The minimum atomic E-state index is 0.302. The van der Waals surface area contributed by atoms with Gasteiger partial charge in [-0.05, 0) is 19.8 Å². The molecular weight excluding hydrogens is 266 g/mol. The van der Waals surface area contributed by atoms with Gasteiger partial charge in [-0.3, -0.25) is 9.69 Å². The summed E-state index contributed by atoms with van der Waals surface area (Å²) >= 11 is 0. The van der Waals surface area contributed by atoms with E-state index in [9.17, 15) is 4.79 Å². The minimum absolute atomic E-state index is 0.302.